The summed E-state index contributed by atoms with van der Waals surface area (Å²) in [6.45, 7) is 1.85. The monoisotopic (exact) mass is 194 g/mol. The molecule has 0 saturated heterocycles. The van der Waals surface area contributed by atoms with Crippen molar-refractivity contribution in [2.45, 2.75) is 6.42 Å². The summed E-state index contributed by atoms with van der Waals surface area (Å²) in [4.78, 5) is 2.09. The van der Waals surface area contributed by atoms with E-state index in [0.29, 0.717) is 6.54 Å². The molecule has 0 aromatic heterocycles. The van der Waals surface area contributed by atoms with Crippen LogP contribution in [-0.2, 0) is 6.42 Å². The fraction of sp³-hybridized carbons (Fsp3) is 0.455. The number of nitrogens with two attached hydrogens (primary N) is 1. The van der Waals surface area contributed by atoms with Gasteiger partial charge >= 0.3 is 0 Å². The Hall–Kier alpha value is -1.06. The zero-order valence-electron chi connectivity index (χ0n) is 8.61. The number of aliphatic hydroxyl groups is 1. The molecule has 1 rings (SSSR count). The summed E-state index contributed by atoms with van der Waals surface area (Å²) in [5.41, 5.74) is 7.84. The van der Waals surface area contributed by atoms with E-state index in [4.69, 9.17) is 10.8 Å². The molecule has 0 aliphatic carbocycles. The number of aliphatic hydroxyl groups excluding tert-OH is 1. The summed E-state index contributed by atoms with van der Waals surface area (Å²) in [5, 5.41) is 8.72. The minimum atomic E-state index is 0.209. The Morgan fingerprint density at radius 1 is 1.29 bits per heavy atom. The number of para-hydroxylation sites is 1. The molecule has 3 nitrogen and oxygen atoms in total. The van der Waals surface area contributed by atoms with Crippen LogP contribution in [0.1, 0.15) is 5.56 Å². The Kier molecular flexibility index (Phi) is 4.43. The van der Waals surface area contributed by atoms with Crippen LogP contribution < -0.4 is 5.73 Å². The van der Waals surface area contributed by atoms with E-state index in [9.17, 15) is 0 Å². The number of benzene rings is 1. The number of rotatable bonds is 5. The van der Waals surface area contributed by atoms with Crippen LogP contribution in [-0.4, -0.2) is 36.8 Å². The first-order valence-corrected chi connectivity index (χ1v) is 4.87. The van der Waals surface area contributed by atoms with Gasteiger partial charge in [-0.25, -0.2) is 0 Å². The highest BCUT2D eigenvalue weighted by Crippen LogP contribution is 2.10. The molecule has 0 saturated carbocycles. The second-order valence-electron chi connectivity index (χ2n) is 3.48. The van der Waals surface area contributed by atoms with Crippen molar-refractivity contribution in [3.63, 3.8) is 0 Å². The number of anilines is 1. The molecule has 0 fully saturated rings. The Bertz CT molecular complexity index is 276. The molecular weight excluding hydrogens is 176 g/mol. The maximum atomic E-state index is 8.72. The van der Waals surface area contributed by atoms with Crippen molar-refractivity contribution in [3.05, 3.63) is 29.8 Å². The molecule has 0 spiro atoms. The number of nitrogen functional groups attached to an aromatic ring is 1. The van der Waals surface area contributed by atoms with Gasteiger partial charge in [0.05, 0.1) is 6.61 Å². The molecule has 0 amide bonds. The molecule has 3 N–H and O–H groups in total. The Labute approximate surface area is 85.2 Å². The third-order valence-electron chi connectivity index (χ3n) is 2.30. The molecule has 1 aromatic carbocycles. The number of hydrogen-bond donors (Lipinski definition) is 2. The van der Waals surface area contributed by atoms with Crippen LogP contribution in [0.5, 0.6) is 0 Å². The smallest absolute Gasteiger partial charge is 0.0558 e. The molecule has 0 aliphatic rings. The summed E-state index contributed by atoms with van der Waals surface area (Å²) < 4.78 is 0. The second-order valence-corrected chi connectivity index (χ2v) is 3.48. The van der Waals surface area contributed by atoms with Crippen molar-refractivity contribution in [2.75, 3.05) is 32.5 Å². The molecule has 0 unspecified atom stereocenters. The predicted molar refractivity (Wildman–Crippen MR) is 59.1 cm³/mol. The van der Waals surface area contributed by atoms with Gasteiger partial charge in [0, 0.05) is 18.8 Å². The normalized spacial score (nSPS) is 10.8. The van der Waals surface area contributed by atoms with Gasteiger partial charge in [0.1, 0.15) is 0 Å². The third kappa shape index (κ3) is 3.36. The van der Waals surface area contributed by atoms with E-state index in [0.717, 1.165) is 18.7 Å². The van der Waals surface area contributed by atoms with Crippen LogP contribution in [0.15, 0.2) is 24.3 Å². The third-order valence-corrected chi connectivity index (χ3v) is 2.30. The lowest BCUT2D eigenvalue weighted by molar-refractivity contribution is 0.223. The molecule has 3 heteroatoms. The zero-order valence-corrected chi connectivity index (χ0v) is 8.61. The zero-order chi connectivity index (χ0) is 10.4. The van der Waals surface area contributed by atoms with Crippen LogP contribution >= 0.6 is 0 Å². The van der Waals surface area contributed by atoms with Crippen LogP contribution in [0.3, 0.4) is 0 Å². The van der Waals surface area contributed by atoms with E-state index >= 15 is 0 Å². The van der Waals surface area contributed by atoms with Gasteiger partial charge in [-0.3, -0.25) is 0 Å². The van der Waals surface area contributed by atoms with Gasteiger partial charge in [-0.15, -0.1) is 0 Å². The molecular formula is C11H18N2O. The summed E-state index contributed by atoms with van der Waals surface area (Å²) >= 11 is 0. The van der Waals surface area contributed by atoms with Gasteiger partial charge in [0.2, 0.25) is 0 Å². The first-order chi connectivity index (χ1) is 6.74. The SMILES string of the molecule is CN(CCO)CCc1ccccc1N. The Balaban J connectivity index is 2.41. The van der Waals surface area contributed by atoms with Crippen molar-refractivity contribution >= 4 is 5.69 Å². The van der Waals surface area contributed by atoms with E-state index in [2.05, 4.69) is 4.90 Å². The molecule has 78 valence electrons. The first kappa shape index (κ1) is 11.0. The van der Waals surface area contributed by atoms with E-state index in [1.54, 1.807) is 0 Å². The summed E-state index contributed by atoms with van der Waals surface area (Å²) in [6.07, 6.45) is 0.934. The highest BCUT2D eigenvalue weighted by atomic mass is 16.3. The first-order valence-electron chi connectivity index (χ1n) is 4.87. The van der Waals surface area contributed by atoms with E-state index in [-0.39, 0.29) is 6.61 Å². The fourth-order valence-corrected chi connectivity index (χ4v) is 1.36. The van der Waals surface area contributed by atoms with Gasteiger partial charge < -0.3 is 15.7 Å². The van der Waals surface area contributed by atoms with Crippen LogP contribution in [0.2, 0.25) is 0 Å². The fourth-order valence-electron chi connectivity index (χ4n) is 1.36. The topological polar surface area (TPSA) is 49.5 Å². The van der Waals surface area contributed by atoms with Crippen molar-refractivity contribution in [2.24, 2.45) is 0 Å². The highest BCUT2D eigenvalue weighted by molar-refractivity contribution is 5.46. The van der Waals surface area contributed by atoms with Crippen LogP contribution in [0.4, 0.5) is 5.69 Å². The molecule has 0 radical (unpaired) electrons. The molecule has 14 heavy (non-hydrogen) atoms. The van der Waals surface area contributed by atoms with Crippen molar-refractivity contribution in [1.29, 1.82) is 0 Å². The lowest BCUT2D eigenvalue weighted by atomic mass is 10.1. The maximum Gasteiger partial charge on any atom is 0.0558 e. The molecule has 0 aliphatic heterocycles. The summed E-state index contributed by atoms with van der Waals surface area (Å²) in [6, 6.07) is 7.90. The highest BCUT2D eigenvalue weighted by Gasteiger charge is 2.00. The second kappa shape index (κ2) is 5.62. The lowest BCUT2D eigenvalue weighted by Gasteiger charge is -2.15. The number of nitrogens with zero attached hydrogens (tertiary/aromatic N) is 1. The molecule has 0 bridgehead atoms. The molecule has 1 aromatic rings. The standard InChI is InChI=1S/C11H18N2O/c1-13(8-9-14)7-6-10-4-2-3-5-11(10)12/h2-5,14H,6-9,12H2,1H3. The van der Waals surface area contributed by atoms with Gasteiger partial charge in [-0.1, -0.05) is 18.2 Å². The quantitative estimate of drug-likeness (QED) is 0.680. The van der Waals surface area contributed by atoms with Gasteiger partial charge in [0.25, 0.3) is 0 Å². The van der Waals surface area contributed by atoms with E-state index in [1.165, 1.54) is 5.56 Å². The molecule has 0 heterocycles. The predicted octanol–water partition coefficient (Wildman–Crippen LogP) is 0.735. The van der Waals surface area contributed by atoms with Crippen molar-refractivity contribution in [3.8, 4) is 0 Å². The lowest BCUT2D eigenvalue weighted by Crippen LogP contribution is -2.24. The molecule has 0 atom stereocenters. The van der Waals surface area contributed by atoms with Gasteiger partial charge in [-0.05, 0) is 25.1 Å². The van der Waals surface area contributed by atoms with Gasteiger partial charge in [-0.2, -0.15) is 0 Å². The minimum absolute atomic E-state index is 0.209. The largest absolute Gasteiger partial charge is 0.399 e. The van der Waals surface area contributed by atoms with E-state index in [1.807, 2.05) is 31.3 Å². The number of likely N-dealkylation sites (N-methyl/N-ethyl adjacent to an activating group) is 1. The average molecular weight is 194 g/mol. The van der Waals surface area contributed by atoms with Crippen molar-refractivity contribution < 1.29 is 5.11 Å². The number of hydrogen-bond acceptors (Lipinski definition) is 3. The summed E-state index contributed by atoms with van der Waals surface area (Å²) in [5.74, 6) is 0. The van der Waals surface area contributed by atoms with E-state index < -0.39 is 0 Å². The van der Waals surface area contributed by atoms with Crippen LogP contribution in [0, 0.1) is 0 Å². The average Bonchev–Trinajstić information content (AvgIpc) is 2.17. The Morgan fingerprint density at radius 3 is 2.64 bits per heavy atom. The maximum absolute atomic E-state index is 8.72. The van der Waals surface area contributed by atoms with Crippen molar-refractivity contribution in [1.82, 2.24) is 4.90 Å². The summed E-state index contributed by atoms with van der Waals surface area (Å²) in [7, 11) is 2.00. The van der Waals surface area contributed by atoms with Crippen LogP contribution in [0.25, 0.3) is 0 Å². The van der Waals surface area contributed by atoms with Gasteiger partial charge in [0.15, 0.2) is 0 Å². The minimum Gasteiger partial charge on any atom is -0.399 e. The Morgan fingerprint density at radius 2 is 2.00 bits per heavy atom.